The summed E-state index contributed by atoms with van der Waals surface area (Å²) in [5, 5.41) is 30.4. The molecule has 3 atom stereocenters. The molecule has 0 aliphatic carbocycles. The molecule has 0 bridgehead atoms. The van der Waals surface area contributed by atoms with Gasteiger partial charge in [0.15, 0.2) is 0 Å². The Morgan fingerprint density at radius 3 is 1.44 bits per heavy atom. The molecular formula is C45H82O7. The molecule has 2 unspecified atom stereocenters. The van der Waals surface area contributed by atoms with Gasteiger partial charge < -0.3 is 24.8 Å². The fourth-order valence-corrected chi connectivity index (χ4v) is 6.08. The van der Waals surface area contributed by atoms with Crippen LogP contribution < -0.4 is 0 Å². The molecule has 0 aliphatic rings. The summed E-state index contributed by atoms with van der Waals surface area (Å²) in [4.78, 5) is 24.0. The Morgan fingerprint density at radius 1 is 0.500 bits per heavy atom. The van der Waals surface area contributed by atoms with E-state index in [2.05, 4.69) is 45.1 Å². The fraction of sp³-hybridized carbons (Fsp3) is 0.822. The van der Waals surface area contributed by atoms with Crippen molar-refractivity contribution in [2.45, 2.75) is 219 Å². The molecule has 52 heavy (non-hydrogen) atoms. The summed E-state index contributed by atoms with van der Waals surface area (Å²) in [7, 11) is 0. The van der Waals surface area contributed by atoms with Crippen LogP contribution in [0, 0.1) is 5.92 Å². The van der Waals surface area contributed by atoms with Crippen molar-refractivity contribution < 1.29 is 34.4 Å². The van der Waals surface area contributed by atoms with Crippen molar-refractivity contribution in [2.24, 2.45) is 5.92 Å². The van der Waals surface area contributed by atoms with Gasteiger partial charge >= 0.3 is 11.9 Å². The first kappa shape index (κ1) is 50.0. The van der Waals surface area contributed by atoms with Gasteiger partial charge in [-0.2, -0.15) is 0 Å². The van der Waals surface area contributed by atoms with Crippen LogP contribution in [0.4, 0.5) is 0 Å². The third-order valence-electron chi connectivity index (χ3n) is 9.51. The summed E-state index contributed by atoms with van der Waals surface area (Å²) >= 11 is 0. The molecule has 0 aromatic rings. The van der Waals surface area contributed by atoms with Gasteiger partial charge in [-0.15, -0.1) is 0 Å². The summed E-state index contributed by atoms with van der Waals surface area (Å²) in [5.41, 5.74) is 0. The van der Waals surface area contributed by atoms with Crippen LogP contribution in [0.1, 0.15) is 201 Å². The largest absolute Gasteiger partial charge is 0.463 e. The van der Waals surface area contributed by atoms with Gasteiger partial charge in [-0.05, 0) is 57.3 Å². The summed E-state index contributed by atoms with van der Waals surface area (Å²) < 4.78 is 10.2. The number of esters is 2. The van der Waals surface area contributed by atoms with E-state index in [0.29, 0.717) is 19.3 Å². The van der Waals surface area contributed by atoms with Crippen molar-refractivity contribution in [1.82, 2.24) is 0 Å². The SMILES string of the molecule is CCCCC/C=C\C/C=C\C/C=C\CC(O)C(O)CCCC(=O)OC[C@@H](O)COC(=O)CCCCCCCCCCCCCCCCCCC(C)C. The highest BCUT2D eigenvalue weighted by atomic mass is 16.6. The van der Waals surface area contributed by atoms with Gasteiger partial charge in [0.05, 0.1) is 12.2 Å². The molecule has 0 aliphatic heterocycles. The van der Waals surface area contributed by atoms with Crippen LogP contribution in [0.2, 0.25) is 0 Å². The zero-order valence-corrected chi connectivity index (χ0v) is 34.0. The third-order valence-corrected chi connectivity index (χ3v) is 9.51. The zero-order valence-electron chi connectivity index (χ0n) is 34.0. The Labute approximate surface area is 320 Å². The van der Waals surface area contributed by atoms with E-state index in [1.165, 1.54) is 109 Å². The van der Waals surface area contributed by atoms with Gasteiger partial charge in [-0.3, -0.25) is 9.59 Å². The minimum Gasteiger partial charge on any atom is -0.463 e. The van der Waals surface area contributed by atoms with Gasteiger partial charge in [0, 0.05) is 12.8 Å². The first-order valence-corrected chi connectivity index (χ1v) is 21.6. The second kappa shape index (κ2) is 38.8. The molecule has 0 radical (unpaired) electrons. The van der Waals surface area contributed by atoms with E-state index >= 15 is 0 Å². The van der Waals surface area contributed by atoms with Gasteiger partial charge in [-0.25, -0.2) is 0 Å². The molecule has 0 aromatic heterocycles. The predicted octanol–water partition coefficient (Wildman–Crippen LogP) is 11.4. The van der Waals surface area contributed by atoms with Crippen LogP contribution in [0.15, 0.2) is 36.5 Å². The number of ether oxygens (including phenoxy) is 2. The average molecular weight is 735 g/mol. The highest BCUT2D eigenvalue weighted by Crippen LogP contribution is 2.16. The number of rotatable bonds is 38. The van der Waals surface area contributed by atoms with Gasteiger partial charge in [0.1, 0.15) is 19.3 Å². The number of allylic oxidation sites excluding steroid dienone is 5. The first-order valence-electron chi connectivity index (χ1n) is 21.6. The minimum atomic E-state index is -1.07. The quantitative estimate of drug-likeness (QED) is 0.0329. The Bertz CT molecular complexity index is 881. The summed E-state index contributed by atoms with van der Waals surface area (Å²) in [6.45, 7) is 6.39. The molecular weight excluding hydrogens is 652 g/mol. The molecule has 3 N–H and O–H groups in total. The van der Waals surface area contributed by atoms with Crippen LogP contribution in [-0.2, 0) is 19.1 Å². The molecule has 0 saturated heterocycles. The standard InChI is InChI=1S/C45H82O7/c1-4-5-6-7-8-9-10-18-21-24-27-30-34-42(47)43(48)35-32-37-45(50)52-39-41(46)38-51-44(49)36-31-28-25-22-19-16-14-12-11-13-15-17-20-23-26-29-33-40(2)3/h8-9,18,21,27,30,40-43,46-48H,4-7,10-17,19-20,22-26,28-29,31-39H2,1-3H3/b9-8-,21-18-,30-27-/t41-,42?,43?/m0/s1. The summed E-state index contributed by atoms with van der Waals surface area (Å²) in [6, 6.07) is 0. The molecule has 0 aromatic carbocycles. The molecule has 7 nitrogen and oxygen atoms in total. The van der Waals surface area contributed by atoms with E-state index in [1.54, 1.807) is 0 Å². The smallest absolute Gasteiger partial charge is 0.305 e. The highest BCUT2D eigenvalue weighted by Gasteiger charge is 2.16. The molecule has 0 heterocycles. The van der Waals surface area contributed by atoms with Gasteiger partial charge in [0.25, 0.3) is 0 Å². The maximum Gasteiger partial charge on any atom is 0.305 e. The fourth-order valence-electron chi connectivity index (χ4n) is 6.08. The molecule has 0 spiro atoms. The molecule has 0 rings (SSSR count). The lowest BCUT2D eigenvalue weighted by molar-refractivity contribution is -0.152. The summed E-state index contributed by atoms with van der Waals surface area (Å²) in [5.74, 6) is 0.0139. The Kier molecular flexibility index (Phi) is 37.3. The highest BCUT2D eigenvalue weighted by molar-refractivity contribution is 5.69. The normalized spacial score (nSPS) is 13.8. The lowest BCUT2D eigenvalue weighted by atomic mass is 10.0. The third kappa shape index (κ3) is 37.8. The van der Waals surface area contributed by atoms with E-state index in [9.17, 15) is 24.9 Å². The Balaban J connectivity index is 3.62. The van der Waals surface area contributed by atoms with E-state index in [4.69, 9.17) is 9.47 Å². The van der Waals surface area contributed by atoms with Crippen molar-refractivity contribution in [1.29, 1.82) is 0 Å². The summed E-state index contributed by atoms with van der Waals surface area (Å²) in [6.07, 6.45) is 39.6. The molecule has 0 amide bonds. The molecule has 7 heteroatoms. The molecule has 0 saturated carbocycles. The lowest BCUT2D eigenvalue weighted by Gasteiger charge is -2.16. The van der Waals surface area contributed by atoms with Gasteiger partial charge in [0.2, 0.25) is 0 Å². The van der Waals surface area contributed by atoms with Crippen LogP contribution in [-0.4, -0.2) is 58.8 Å². The van der Waals surface area contributed by atoms with Crippen LogP contribution in [0.3, 0.4) is 0 Å². The monoisotopic (exact) mass is 735 g/mol. The number of hydrogen-bond donors (Lipinski definition) is 3. The maximum atomic E-state index is 12.0. The van der Waals surface area contributed by atoms with Crippen molar-refractivity contribution >= 4 is 11.9 Å². The van der Waals surface area contributed by atoms with Crippen molar-refractivity contribution in [3.05, 3.63) is 36.5 Å². The maximum absolute atomic E-state index is 12.0. The lowest BCUT2D eigenvalue weighted by Crippen LogP contribution is -2.26. The van der Waals surface area contributed by atoms with E-state index in [0.717, 1.165) is 44.4 Å². The first-order chi connectivity index (χ1) is 25.3. The minimum absolute atomic E-state index is 0.0723. The topological polar surface area (TPSA) is 113 Å². The number of carbonyl (C=O) groups excluding carboxylic acids is 2. The number of aliphatic hydroxyl groups excluding tert-OH is 3. The van der Waals surface area contributed by atoms with E-state index in [-0.39, 0.29) is 32.0 Å². The molecule has 0 fully saturated rings. The number of hydrogen-bond acceptors (Lipinski definition) is 7. The Morgan fingerprint density at radius 2 is 0.942 bits per heavy atom. The second-order valence-corrected chi connectivity index (χ2v) is 15.3. The number of unbranched alkanes of at least 4 members (excludes halogenated alkanes) is 18. The van der Waals surface area contributed by atoms with Crippen LogP contribution in [0.5, 0.6) is 0 Å². The molecule has 304 valence electrons. The zero-order chi connectivity index (χ0) is 38.3. The van der Waals surface area contributed by atoms with E-state index < -0.39 is 24.3 Å². The van der Waals surface area contributed by atoms with Crippen molar-refractivity contribution in [3.63, 3.8) is 0 Å². The average Bonchev–Trinajstić information content (AvgIpc) is 3.12. The second-order valence-electron chi connectivity index (χ2n) is 15.3. The van der Waals surface area contributed by atoms with Gasteiger partial charge in [-0.1, -0.05) is 173 Å². The number of carbonyl (C=O) groups is 2. The van der Waals surface area contributed by atoms with Crippen LogP contribution in [0.25, 0.3) is 0 Å². The predicted molar refractivity (Wildman–Crippen MR) is 217 cm³/mol. The van der Waals surface area contributed by atoms with Crippen molar-refractivity contribution in [2.75, 3.05) is 13.2 Å². The van der Waals surface area contributed by atoms with Crippen molar-refractivity contribution in [3.8, 4) is 0 Å². The van der Waals surface area contributed by atoms with E-state index in [1.807, 2.05) is 12.2 Å². The Hall–Kier alpha value is -1.96. The van der Waals surface area contributed by atoms with Crippen LogP contribution >= 0.6 is 0 Å². The number of aliphatic hydroxyl groups is 3.